The van der Waals surface area contributed by atoms with E-state index in [0.29, 0.717) is 17.4 Å². The van der Waals surface area contributed by atoms with Gasteiger partial charge in [0.15, 0.2) is 0 Å². The zero-order valence-electron chi connectivity index (χ0n) is 9.83. The number of nitrogens with one attached hydrogen (secondary N) is 1. The minimum Gasteiger partial charge on any atom is -0.256 e. The molecule has 94 valence electrons. The van der Waals surface area contributed by atoms with Gasteiger partial charge in [-0.2, -0.15) is 0 Å². The van der Waals surface area contributed by atoms with E-state index in [9.17, 15) is 8.42 Å². The normalized spacial score (nSPS) is 16.0. The van der Waals surface area contributed by atoms with Crippen molar-refractivity contribution in [1.29, 1.82) is 0 Å². The van der Waals surface area contributed by atoms with Gasteiger partial charge in [-0.05, 0) is 43.0 Å². The van der Waals surface area contributed by atoms with Crippen LogP contribution in [0.15, 0.2) is 41.4 Å². The lowest BCUT2D eigenvalue weighted by Crippen LogP contribution is -2.25. The monoisotopic (exact) mass is 262 g/mol. The van der Waals surface area contributed by atoms with Gasteiger partial charge < -0.3 is 0 Å². The van der Waals surface area contributed by atoms with Crippen LogP contribution in [0.5, 0.6) is 0 Å². The van der Waals surface area contributed by atoms with Crippen molar-refractivity contribution in [2.45, 2.75) is 17.7 Å². The Hall–Kier alpha value is -1.46. The van der Waals surface area contributed by atoms with Gasteiger partial charge in [0.2, 0.25) is 10.0 Å². The Morgan fingerprint density at radius 2 is 2.11 bits per heavy atom. The quantitative estimate of drug-likeness (QED) is 0.915. The summed E-state index contributed by atoms with van der Waals surface area (Å²) in [4.78, 5) is 4.48. The highest BCUT2D eigenvalue weighted by atomic mass is 32.2. The molecular formula is C13H14N2O2S. The van der Waals surface area contributed by atoms with Gasteiger partial charge in [0, 0.05) is 18.1 Å². The highest BCUT2D eigenvalue weighted by Gasteiger charge is 2.24. The first-order valence-corrected chi connectivity index (χ1v) is 7.48. The van der Waals surface area contributed by atoms with E-state index >= 15 is 0 Å². The lowest BCUT2D eigenvalue weighted by Gasteiger charge is -2.06. The molecule has 0 saturated heterocycles. The lowest BCUT2D eigenvalue weighted by molar-refractivity contribution is 0.577. The molecule has 5 heteroatoms. The molecule has 0 amide bonds. The van der Waals surface area contributed by atoms with Crippen LogP contribution in [0.3, 0.4) is 0 Å². The summed E-state index contributed by atoms with van der Waals surface area (Å²) in [7, 11) is -3.38. The van der Waals surface area contributed by atoms with Crippen LogP contribution in [0.25, 0.3) is 10.9 Å². The van der Waals surface area contributed by atoms with Crippen molar-refractivity contribution in [3.05, 3.63) is 36.5 Å². The fourth-order valence-electron chi connectivity index (χ4n) is 1.85. The van der Waals surface area contributed by atoms with Crippen molar-refractivity contribution in [1.82, 2.24) is 9.71 Å². The predicted molar refractivity (Wildman–Crippen MR) is 69.7 cm³/mol. The number of sulfonamides is 1. The predicted octanol–water partition coefficient (Wildman–Crippen LogP) is 1.92. The first-order chi connectivity index (χ1) is 8.65. The van der Waals surface area contributed by atoms with Crippen LogP contribution in [0.1, 0.15) is 12.8 Å². The summed E-state index contributed by atoms with van der Waals surface area (Å²) in [5.41, 5.74) is 0.804. The maximum atomic E-state index is 12.1. The van der Waals surface area contributed by atoms with E-state index in [1.54, 1.807) is 30.5 Å². The second kappa shape index (κ2) is 4.33. The second-order valence-corrected chi connectivity index (χ2v) is 6.42. The molecule has 0 unspecified atom stereocenters. The van der Waals surface area contributed by atoms with E-state index in [1.807, 2.05) is 6.07 Å². The number of hydrogen-bond acceptors (Lipinski definition) is 3. The summed E-state index contributed by atoms with van der Waals surface area (Å²) in [6, 6.07) is 8.67. The van der Waals surface area contributed by atoms with E-state index < -0.39 is 10.0 Å². The summed E-state index contributed by atoms with van der Waals surface area (Å²) < 4.78 is 26.8. The van der Waals surface area contributed by atoms with Gasteiger partial charge in [-0.3, -0.25) is 4.98 Å². The topological polar surface area (TPSA) is 59.1 Å². The van der Waals surface area contributed by atoms with Crippen LogP contribution in [0.2, 0.25) is 0 Å². The van der Waals surface area contributed by atoms with Crippen molar-refractivity contribution >= 4 is 20.9 Å². The van der Waals surface area contributed by atoms with Crippen LogP contribution in [-0.2, 0) is 10.0 Å². The van der Waals surface area contributed by atoms with Gasteiger partial charge >= 0.3 is 0 Å². The van der Waals surface area contributed by atoms with Gasteiger partial charge in [0.05, 0.1) is 10.4 Å². The summed E-state index contributed by atoms with van der Waals surface area (Å²) in [6.07, 6.45) is 3.95. The standard InChI is InChI=1S/C13H14N2O2S/c16-18(17,15-9-10-3-4-10)12-5-6-13-11(8-12)2-1-7-14-13/h1-2,5-8,10,15H,3-4,9H2. The number of nitrogens with zero attached hydrogens (tertiary/aromatic N) is 1. The van der Waals surface area contributed by atoms with Crippen LogP contribution in [-0.4, -0.2) is 19.9 Å². The number of rotatable bonds is 4. The highest BCUT2D eigenvalue weighted by Crippen LogP contribution is 2.28. The molecular weight excluding hydrogens is 248 g/mol. The molecule has 1 saturated carbocycles. The SMILES string of the molecule is O=S(=O)(NCC1CC1)c1ccc2ncccc2c1. The molecule has 0 atom stereocenters. The van der Waals surface area contributed by atoms with Crippen molar-refractivity contribution in [2.75, 3.05) is 6.54 Å². The Balaban J connectivity index is 1.92. The molecule has 0 bridgehead atoms. The molecule has 1 aromatic heterocycles. The first kappa shape index (κ1) is 11.6. The van der Waals surface area contributed by atoms with Crippen LogP contribution < -0.4 is 4.72 Å². The molecule has 1 aromatic carbocycles. The molecule has 3 rings (SSSR count). The maximum Gasteiger partial charge on any atom is 0.240 e. The molecule has 1 heterocycles. The molecule has 18 heavy (non-hydrogen) atoms. The molecule has 2 aromatic rings. The van der Waals surface area contributed by atoms with Crippen molar-refractivity contribution in [3.63, 3.8) is 0 Å². The lowest BCUT2D eigenvalue weighted by atomic mass is 10.2. The van der Waals surface area contributed by atoms with Gasteiger partial charge in [-0.25, -0.2) is 13.1 Å². The van der Waals surface area contributed by atoms with Gasteiger partial charge in [0.1, 0.15) is 0 Å². The summed E-state index contributed by atoms with van der Waals surface area (Å²) in [5.74, 6) is 0.530. The molecule has 0 radical (unpaired) electrons. The minimum atomic E-state index is -3.38. The van der Waals surface area contributed by atoms with E-state index in [2.05, 4.69) is 9.71 Å². The molecule has 0 spiro atoms. The molecule has 1 aliphatic carbocycles. The van der Waals surface area contributed by atoms with Crippen LogP contribution in [0.4, 0.5) is 0 Å². The maximum absolute atomic E-state index is 12.1. The summed E-state index contributed by atoms with van der Waals surface area (Å²) in [5, 5.41) is 0.840. The van der Waals surface area contributed by atoms with Crippen molar-refractivity contribution in [3.8, 4) is 0 Å². The number of hydrogen-bond donors (Lipinski definition) is 1. The Morgan fingerprint density at radius 3 is 2.89 bits per heavy atom. The Kier molecular flexibility index (Phi) is 2.80. The fourth-order valence-corrected chi connectivity index (χ4v) is 3.00. The van der Waals surface area contributed by atoms with Crippen LogP contribution >= 0.6 is 0 Å². The Bertz CT molecular complexity index is 678. The van der Waals surface area contributed by atoms with Crippen molar-refractivity contribution < 1.29 is 8.42 Å². The number of aromatic nitrogens is 1. The molecule has 1 aliphatic rings. The van der Waals surface area contributed by atoms with Gasteiger partial charge in [-0.15, -0.1) is 0 Å². The second-order valence-electron chi connectivity index (χ2n) is 4.65. The minimum absolute atomic E-state index is 0.309. The number of pyridine rings is 1. The largest absolute Gasteiger partial charge is 0.256 e. The molecule has 4 nitrogen and oxygen atoms in total. The Labute approximate surface area is 106 Å². The molecule has 1 fully saturated rings. The smallest absolute Gasteiger partial charge is 0.240 e. The average molecular weight is 262 g/mol. The van der Waals surface area contributed by atoms with E-state index in [1.165, 1.54) is 0 Å². The van der Waals surface area contributed by atoms with Gasteiger partial charge in [0.25, 0.3) is 0 Å². The van der Waals surface area contributed by atoms with E-state index in [4.69, 9.17) is 0 Å². The zero-order valence-corrected chi connectivity index (χ0v) is 10.7. The third-order valence-electron chi connectivity index (χ3n) is 3.14. The first-order valence-electron chi connectivity index (χ1n) is 6.00. The number of fused-ring (bicyclic) bond motifs is 1. The third kappa shape index (κ3) is 2.37. The zero-order chi connectivity index (χ0) is 12.6. The van der Waals surface area contributed by atoms with Gasteiger partial charge in [-0.1, -0.05) is 6.07 Å². The number of benzene rings is 1. The van der Waals surface area contributed by atoms with E-state index in [-0.39, 0.29) is 0 Å². The third-order valence-corrected chi connectivity index (χ3v) is 4.56. The highest BCUT2D eigenvalue weighted by molar-refractivity contribution is 7.89. The fraction of sp³-hybridized carbons (Fsp3) is 0.308. The van der Waals surface area contributed by atoms with E-state index in [0.717, 1.165) is 23.7 Å². The summed E-state index contributed by atoms with van der Waals surface area (Å²) in [6.45, 7) is 0.549. The summed E-state index contributed by atoms with van der Waals surface area (Å²) >= 11 is 0. The average Bonchev–Trinajstić information content (AvgIpc) is 3.20. The van der Waals surface area contributed by atoms with Crippen molar-refractivity contribution in [2.24, 2.45) is 5.92 Å². The van der Waals surface area contributed by atoms with Crippen LogP contribution in [0, 0.1) is 5.92 Å². The Morgan fingerprint density at radius 1 is 1.28 bits per heavy atom. The molecule has 0 aliphatic heterocycles. The molecule has 1 N–H and O–H groups in total.